The van der Waals surface area contributed by atoms with Crippen LogP contribution >= 0.6 is 11.6 Å². The van der Waals surface area contributed by atoms with E-state index in [0.717, 1.165) is 0 Å². The van der Waals surface area contributed by atoms with Crippen molar-refractivity contribution in [2.45, 2.75) is 20.8 Å². The number of amides is 1. The van der Waals surface area contributed by atoms with Gasteiger partial charge in [0.25, 0.3) is 5.91 Å². The number of carbonyl (C=O) groups is 1. The minimum Gasteiger partial charge on any atom is -0.399 e. The maximum Gasteiger partial charge on any atom is 0.252 e. The number of carbonyl (C=O) groups excluding carboxylic acids is 1. The molecule has 4 heteroatoms. The summed E-state index contributed by atoms with van der Waals surface area (Å²) in [4.78, 5) is 11.9. The zero-order valence-corrected chi connectivity index (χ0v) is 11.2. The normalized spacial score (nSPS) is 12.5. The fourth-order valence-corrected chi connectivity index (χ4v) is 1.57. The molecule has 3 N–H and O–H groups in total. The van der Waals surface area contributed by atoms with Crippen molar-refractivity contribution in [1.82, 2.24) is 5.32 Å². The first kappa shape index (κ1) is 13.8. The van der Waals surface area contributed by atoms with Gasteiger partial charge in [0.1, 0.15) is 0 Å². The second-order valence-corrected chi connectivity index (χ2v) is 5.08. The van der Waals surface area contributed by atoms with E-state index in [4.69, 9.17) is 17.3 Å². The van der Waals surface area contributed by atoms with E-state index in [1.54, 1.807) is 18.2 Å². The van der Waals surface area contributed by atoms with Crippen LogP contribution < -0.4 is 11.1 Å². The first-order valence-corrected chi connectivity index (χ1v) is 6.12. The predicted octanol–water partition coefficient (Wildman–Crippen LogP) is 2.94. The third-order valence-corrected chi connectivity index (χ3v) is 3.27. The Labute approximate surface area is 107 Å². The average molecular weight is 255 g/mol. The van der Waals surface area contributed by atoms with Crippen LogP contribution in [0, 0.1) is 11.8 Å². The fraction of sp³-hybridized carbons (Fsp3) is 0.462. The van der Waals surface area contributed by atoms with Gasteiger partial charge in [-0.3, -0.25) is 4.79 Å². The molecule has 1 unspecified atom stereocenters. The van der Waals surface area contributed by atoms with E-state index < -0.39 is 0 Å². The highest BCUT2D eigenvalue weighted by atomic mass is 35.5. The van der Waals surface area contributed by atoms with E-state index in [2.05, 4.69) is 26.1 Å². The van der Waals surface area contributed by atoms with Crippen LogP contribution in [-0.4, -0.2) is 12.5 Å². The Bertz CT molecular complexity index is 404. The van der Waals surface area contributed by atoms with Crippen LogP contribution in [0.25, 0.3) is 0 Å². The summed E-state index contributed by atoms with van der Waals surface area (Å²) in [6.45, 7) is 7.02. The van der Waals surface area contributed by atoms with Gasteiger partial charge in [-0.2, -0.15) is 0 Å². The van der Waals surface area contributed by atoms with Gasteiger partial charge in [-0.05, 0) is 30.0 Å². The molecule has 1 amide bonds. The van der Waals surface area contributed by atoms with Crippen LogP contribution in [0.1, 0.15) is 31.1 Å². The molecule has 0 bridgehead atoms. The second-order valence-electron chi connectivity index (χ2n) is 4.67. The maximum absolute atomic E-state index is 11.9. The summed E-state index contributed by atoms with van der Waals surface area (Å²) in [5.41, 5.74) is 6.60. The Hall–Kier alpha value is -1.22. The van der Waals surface area contributed by atoms with E-state index in [1.807, 2.05) is 0 Å². The molecule has 0 fully saturated rings. The molecule has 0 aromatic heterocycles. The number of nitrogens with one attached hydrogen (secondary N) is 1. The third kappa shape index (κ3) is 3.93. The number of benzene rings is 1. The monoisotopic (exact) mass is 254 g/mol. The third-order valence-electron chi connectivity index (χ3n) is 2.96. The Morgan fingerprint density at radius 1 is 1.41 bits per heavy atom. The Morgan fingerprint density at radius 3 is 2.59 bits per heavy atom. The molecular weight excluding hydrogens is 236 g/mol. The van der Waals surface area contributed by atoms with Crippen molar-refractivity contribution in [1.29, 1.82) is 0 Å². The van der Waals surface area contributed by atoms with E-state index >= 15 is 0 Å². The summed E-state index contributed by atoms with van der Waals surface area (Å²) in [7, 11) is 0. The van der Waals surface area contributed by atoms with Gasteiger partial charge in [0.05, 0.1) is 10.6 Å². The standard InChI is InChI=1S/C13H19ClN2O/c1-8(2)9(3)7-16-13(17)11-5-4-10(15)6-12(11)14/h4-6,8-9H,7,15H2,1-3H3,(H,16,17). The average Bonchev–Trinajstić information content (AvgIpc) is 2.25. The molecule has 0 aliphatic carbocycles. The lowest BCUT2D eigenvalue weighted by Crippen LogP contribution is -2.30. The van der Waals surface area contributed by atoms with E-state index in [0.29, 0.717) is 34.7 Å². The van der Waals surface area contributed by atoms with Crippen LogP contribution in [0.2, 0.25) is 5.02 Å². The highest BCUT2D eigenvalue weighted by Crippen LogP contribution is 2.19. The quantitative estimate of drug-likeness (QED) is 0.812. The molecule has 1 rings (SSSR count). The largest absolute Gasteiger partial charge is 0.399 e. The highest BCUT2D eigenvalue weighted by Gasteiger charge is 2.12. The molecule has 0 heterocycles. The Morgan fingerprint density at radius 2 is 2.06 bits per heavy atom. The fourth-order valence-electron chi connectivity index (χ4n) is 1.30. The lowest BCUT2D eigenvalue weighted by Gasteiger charge is -2.16. The Kier molecular flexibility index (Phi) is 4.82. The topological polar surface area (TPSA) is 55.1 Å². The van der Waals surface area contributed by atoms with Crippen molar-refractivity contribution in [3.63, 3.8) is 0 Å². The molecular formula is C13H19ClN2O. The molecule has 0 radical (unpaired) electrons. The molecule has 1 aromatic rings. The lowest BCUT2D eigenvalue weighted by molar-refractivity contribution is 0.0945. The smallest absolute Gasteiger partial charge is 0.252 e. The molecule has 17 heavy (non-hydrogen) atoms. The summed E-state index contributed by atoms with van der Waals surface area (Å²) >= 11 is 5.96. The summed E-state index contributed by atoms with van der Waals surface area (Å²) in [5.74, 6) is 0.825. The zero-order chi connectivity index (χ0) is 13.0. The van der Waals surface area contributed by atoms with Gasteiger partial charge < -0.3 is 11.1 Å². The predicted molar refractivity (Wildman–Crippen MR) is 72.2 cm³/mol. The van der Waals surface area contributed by atoms with Crippen molar-refractivity contribution >= 4 is 23.2 Å². The Balaban J connectivity index is 2.64. The van der Waals surface area contributed by atoms with Crippen molar-refractivity contribution < 1.29 is 4.79 Å². The molecule has 0 saturated heterocycles. The summed E-state index contributed by atoms with van der Waals surface area (Å²) in [6, 6.07) is 4.90. The number of nitrogen functional groups attached to an aromatic ring is 1. The molecule has 0 aliphatic heterocycles. The maximum atomic E-state index is 11.9. The van der Waals surface area contributed by atoms with Crippen LogP contribution in [0.15, 0.2) is 18.2 Å². The number of nitrogens with two attached hydrogens (primary N) is 1. The number of halogens is 1. The van der Waals surface area contributed by atoms with Crippen molar-refractivity contribution in [2.75, 3.05) is 12.3 Å². The van der Waals surface area contributed by atoms with Crippen LogP contribution in [-0.2, 0) is 0 Å². The molecule has 94 valence electrons. The molecule has 1 aromatic carbocycles. The number of hydrogen-bond acceptors (Lipinski definition) is 2. The molecule has 0 spiro atoms. The first-order valence-electron chi connectivity index (χ1n) is 5.75. The van der Waals surface area contributed by atoms with Gasteiger partial charge in [-0.1, -0.05) is 32.4 Å². The van der Waals surface area contributed by atoms with Crippen LogP contribution in [0.5, 0.6) is 0 Å². The second kappa shape index (κ2) is 5.92. The highest BCUT2D eigenvalue weighted by molar-refractivity contribution is 6.34. The van der Waals surface area contributed by atoms with E-state index in [1.165, 1.54) is 0 Å². The molecule has 3 nitrogen and oxygen atoms in total. The minimum atomic E-state index is -0.150. The van der Waals surface area contributed by atoms with E-state index in [-0.39, 0.29) is 5.91 Å². The number of rotatable bonds is 4. The van der Waals surface area contributed by atoms with Gasteiger partial charge >= 0.3 is 0 Å². The molecule has 1 atom stereocenters. The molecule has 0 aliphatic rings. The summed E-state index contributed by atoms with van der Waals surface area (Å²) < 4.78 is 0. The minimum absolute atomic E-state index is 0.150. The number of anilines is 1. The SMILES string of the molecule is CC(C)C(C)CNC(=O)c1ccc(N)cc1Cl. The lowest BCUT2D eigenvalue weighted by atomic mass is 9.98. The summed E-state index contributed by atoms with van der Waals surface area (Å²) in [5, 5.41) is 3.26. The zero-order valence-electron chi connectivity index (χ0n) is 10.5. The van der Waals surface area contributed by atoms with Gasteiger partial charge in [0.2, 0.25) is 0 Å². The van der Waals surface area contributed by atoms with Crippen molar-refractivity contribution in [2.24, 2.45) is 11.8 Å². The van der Waals surface area contributed by atoms with Gasteiger partial charge in [-0.25, -0.2) is 0 Å². The van der Waals surface area contributed by atoms with Crippen molar-refractivity contribution in [3.05, 3.63) is 28.8 Å². The van der Waals surface area contributed by atoms with E-state index in [9.17, 15) is 4.79 Å². The van der Waals surface area contributed by atoms with Gasteiger partial charge in [0, 0.05) is 12.2 Å². The van der Waals surface area contributed by atoms with Crippen LogP contribution in [0.4, 0.5) is 5.69 Å². The van der Waals surface area contributed by atoms with Crippen LogP contribution in [0.3, 0.4) is 0 Å². The van der Waals surface area contributed by atoms with Gasteiger partial charge in [0.15, 0.2) is 0 Å². The summed E-state index contributed by atoms with van der Waals surface area (Å²) in [6.07, 6.45) is 0. The van der Waals surface area contributed by atoms with Crippen molar-refractivity contribution in [3.8, 4) is 0 Å². The molecule has 0 saturated carbocycles. The first-order chi connectivity index (χ1) is 7.91. The number of hydrogen-bond donors (Lipinski definition) is 2. The van der Waals surface area contributed by atoms with Gasteiger partial charge in [-0.15, -0.1) is 0 Å².